The number of aryl methyl sites for hydroxylation is 2. The average Bonchev–Trinajstić information content (AvgIpc) is 2.61. The molecule has 0 radical (unpaired) electrons. The molecule has 86 valence electrons. The van der Waals surface area contributed by atoms with E-state index in [2.05, 4.69) is 16.1 Å². The molecule has 0 spiro atoms. The smallest absolute Gasteiger partial charge is 0.127 e. The predicted molar refractivity (Wildman–Crippen MR) is 61.7 cm³/mol. The molecule has 0 amide bonds. The number of hydrogen-bond acceptors (Lipinski definition) is 3. The van der Waals surface area contributed by atoms with Crippen LogP contribution in [0.5, 0.6) is 0 Å². The molecule has 1 aromatic rings. The molecule has 0 aromatic carbocycles. The van der Waals surface area contributed by atoms with Crippen LogP contribution in [-0.4, -0.2) is 27.8 Å². The van der Waals surface area contributed by atoms with Crippen LogP contribution in [0.25, 0.3) is 0 Å². The van der Waals surface area contributed by atoms with Gasteiger partial charge in [-0.1, -0.05) is 6.42 Å². The quantitative estimate of drug-likeness (QED) is 0.760. The molecule has 1 aromatic heterocycles. The van der Waals surface area contributed by atoms with E-state index < -0.39 is 0 Å². The number of piperidine rings is 1. The Morgan fingerprint density at radius 1 is 1.38 bits per heavy atom. The van der Waals surface area contributed by atoms with Crippen molar-refractivity contribution >= 4 is 0 Å². The first-order valence-corrected chi connectivity index (χ1v) is 5.86. The first-order valence-electron chi connectivity index (χ1n) is 5.86. The summed E-state index contributed by atoms with van der Waals surface area (Å²) in [7, 11) is 1.90. The molecule has 0 bridgehead atoms. The second-order valence-electron chi connectivity index (χ2n) is 4.47. The highest BCUT2D eigenvalue weighted by atomic mass is 15.3. The lowest BCUT2D eigenvalue weighted by atomic mass is 10.0. The van der Waals surface area contributed by atoms with Gasteiger partial charge in [-0.2, -0.15) is 10.4 Å². The van der Waals surface area contributed by atoms with Crippen LogP contribution in [0.2, 0.25) is 0 Å². The molecule has 1 atom stereocenters. The Balaban J connectivity index is 2.22. The van der Waals surface area contributed by atoms with Crippen molar-refractivity contribution in [1.82, 2.24) is 14.7 Å². The third-order valence-corrected chi connectivity index (χ3v) is 3.22. The minimum atomic E-state index is -0.117. The van der Waals surface area contributed by atoms with E-state index >= 15 is 0 Å². The van der Waals surface area contributed by atoms with Gasteiger partial charge in [-0.05, 0) is 32.9 Å². The van der Waals surface area contributed by atoms with Gasteiger partial charge in [0.1, 0.15) is 6.04 Å². The maximum Gasteiger partial charge on any atom is 0.127 e. The van der Waals surface area contributed by atoms with Gasteiger partial charge in [0.15, 0.2) is 0 Å². The highest BCUT2D eigenvalue weighted by molar-refractivity contribution is 5.25. The van der Waals surface area contributed by atoms with Gasteiger partial charge in [-0.3, -0.25) is 9.58 Å². The van der Waals surface area contributed by atoms with Gasteiger partial charge in [0.05, 0.1) is 11.8 Å². The Bertz CT molecular complexity index is 396. The first-order chi connectivity index (χ1) is 7.72. The molecule has 4 heteroatoms. The van der Waals surface area contributed by atoms with Gasteiger partial charge in [0, 0.05) is 18.8 Å². The zero-order valence-electron chi connectivity index (χ0n) is 9.98. The molecule has 0 saturated carbocycles. The molecule has 1 unspecified atom stereocenters. The maximum absolute atomic E-state index is 9.34. The summed E-state index contributed by atoms with van der Waals surface area (Å²) in [5.74, 6) is 0. The fourth-order valence-electron chi connectivity index (χ4n) is 2.41. The average molecular weight is 218 g/mol. The minimum Gasteiger partial charge on any atom is -0.284 e. The van der Waals surface area contributed by atoms with Crippen molar-refractivity contribution in [3.05, 3.63) is 17.5 Å². The van der Waals surface area contributed by atoms with Gasteiger partial charge >= 0.3 is 0 Å². The zero-order chi connectivity index (χ0) is 11.5. The maximum atomic E-state index is 9.34. The lowest BCUT2D eigenvalue weighted by Gasteiger charge is -2.30. The highest BCUT2D eigenvalue weighted by Crippen LogP contribution is 2.25. The summed E-state index contributed by atoms with van der Waals surface area (Å²) in [6.45, 7) is 4.04. The number of likely N-dealkylation sites (tertiary alicyclic amines) is 1. The van der Waals surface area contributed by atoms with Gasteiger partial charge in [-0.15, -0.1) is 0 Å². The van der Waals surface area contributed by atoms with Gasteiger partial charge in [-0.25, -0.2) is 0 Å². The highest BCUT2D eigenvalue weighted by Gasteiger charge is 2.24. The van der Waals surface area contributed by atoms with Gasteiger partial charge in [0.2, 0.25) is 0 Å². The van der Waals surface area contributed by atoms with Crippen LogP contribution in [0.1, 0.15) is 36.6 Å². The second-order valence-corrected chi connectivity index (χ2v) is 4.47. The fraction of sp³-hybridized carbons (Fsp3) is 0.667. The first kappa shape index (κ1) is 11.2. The molecule has 16 heavy (non-hydrogen) atoms. The molecule has 1 aliphatic rings. The van der Waals surface area contributed by atoms with E-state index in [0.29, 0.717) is 0 Å². The van der Waals surface area contributed by atoms with Crippen LogP contribution in [-0.2, 0) is 7.05 Å². The number of hydrogen-bond donors (Lipinski definition) is 0. The molecule has 2 heterocycles. The van der Waals surface area contributed by atoms with E-state index in [4.69, 9.17) is 0 Å². The van der Waals surface area contributed by atoms with Crippen LogP contribution >= 0.6 is 0 Å². The largest absolute Gasteiger partial charge is 0.284 e. The van der Waals surface area contributed by atoms with E-state index in [0.717, 1.165) is 24.3 Å². The van der Waals surface area contributed by atoms with Crippen LogP contribution in [0.15, 0.2) is 6.20 Å². The summed E-state index contributed by atoms with van der Waals surface area (Å²) in [6.07, 6.45) is 5.67. The third kappa shape index (κ3) is 2.10. The second kappa shape index (κ2) is 4.67. The Kier molecular flexibility index (Phi) is 3.25. The number of rotatable bonds is 2. The van der Waals surface area contributed by atoms with E-state index in [9.17, 15) is 5.26 Å². The van der Waals surface area contributed by atoms with Crippen molar-refractivity contribution in [1.29, 1.82) is 5.26 Å². The van der Waals surface area contributed by atoms with Gasteiger partial charge in [0.25, 0.3) is 0 Å². The molecular formula is C12H18N4. The Labute approximate surface area is 96.5 Å². The normalized spacial score (nSPS) is 19.3. The molecule has 0 N–H and O–H groups in total. The minimum absolute atomic E-state index is 0.117. The Hall–Kier alpha value is -1.34. The zero-order valence-corrected chi connectivity index (χ0v) is 9.98. The van der Waals surface area contributed by atoms with Crippen molar-refractivity contribution < 1.29 is 0 Å². The van der Waals surface area contributed by atoms with Crippen molar-refractivity contribution in [3.8, 4) is 6.07 Å². The van der Waals surface area contributed by atoms with Crippen molar-refractivity contribution in [3.63, 3.8) is 0 Å². The van der Waals surface area contributed by atoms with E-state index in [1.807, 2.05) is 20.2 Å². The predicted octanol–water partition coefficient (Wildman–Crippen LogP) is 1.78. The monoisotopic (exact) mass is 218 g/mol. The van der Waals surface area contributed by atoms with Crippen LogP contribution in [0.3, 0.4) is 0 Å². The summed E-state index contributed by atoms with van der Waals surface area (Å²) < 4.78 is 1.79. The van der Waals surface area contributed by atoms with Crippen LogP contribution < -0.4 is 0 Å². The summed E-state index contributed by atoms with van der Waals surface area (Å²) in [5, 5.41) is 13.7. The SMILES string of the molecule is Cc1nn(C)cc1C(C#N)N1CCCCC1. The van der Waals surface area contributed by atoms with Crippen LogP contribution in [0, 0.1) is 18.3 Å². The van der Waals surface area contributed by atoms with Gasteiger partial charge < -0.3 is 0 Å². The fourth-order valence-corrected chi connectivity index (χ4v) is 2.41. The van der Waals surface area contributed by atoms with E-state index in [1.165, 1.54) is 19.3 Å². The third-order valence-electron chi connectivity index (χ3n) is 3.22. The van der Waals surface area contributed by atoms with Crippen molar-refractivity contribution in [2.75, 3.05) is 13.1 Å². The molecule has 0 aliphatic carbocycles. The molecule has 2 rings (SSSR count). The summed E-state index contributed by atoms with van der Waals surface area (Å²) >= 11 is 0. The Morgan fingerprint density at radius 2 is 2.06 bits per heavy atom. The molecule has 1 saturated heterocycles. The lowest BCUT2D eigenvalue weighted by Crippen LogP contribution is -2.33. The summed E-state index contributed by atoms with van der Waals surface area (Å²) in [5.41, 5.74) is 2.03. The topological polar surface area (TPSA) is 44.9 Å². The van der Waals surface area contributed by atoms with Crippen molar-refractivity contribution in [2.24, 2.45) is 7.05 Å². The summed E-state index contributed by atoms with van der Waals surface area (Å²) in [4.78, 5) is 2.27. The molecule has 1 fully saturated rings. The number of nitriles is 1. The van der Waals surface area contributed by atoms with Crippen LogP contribution in [0.4, 0.5) is 0 Å². The lowest BCUT2D eigenvalue weighted by molar-refractivity contribution is 0.195. The molecule has 4 nitrogen and oxygen atoms in total. The molecule has 1 aliphatic heterocycles. The van der Waals surface area contributed by atoms with E-state index in [1.54, 1.807) is 4.68 Å². The summed E-state index contributed by atoms with van der Waals surface area (Å²) in [6, 6.07) is 2.30. The number of nitrogens with zero attached hydrogens (tertiary/aromatic N) is 4. The standard InChI is InChI=1S/C12H18N4/c1-10-11(9-15(2)14-10)12(8-13)16-6-4-3-5-7-16/h9,12H,3-7H2,1-2H3. The van der Waals surface area contributed by atoms with Crippen molar-refractivity contribution in [2.45, 2.75) is 32.2 Å². The molecular weight excluding hydrogens is 200 g/mol. The van der Waals surface area contributed by atoms with E-state index in [-0.39, 0.29) is 6.04 Å². The number of aromatic nitrogens is 2. The Morgan fingerprint density at radius 3 is 2.56 bits per heavy atom.